The normalized spacial score (nSPS) is 18.4. The van der Waals surface area contributed by atoms with Gasteiger partial charge in [0.05, 0.1) is 25.5 Å². The maximum Gasteiger partial charge on any atom is 0.216 e. The van der Waals surface area contributed by atoms with Crippen LogP contribution in [0.4, 0.5) is 0 Å². The lowest BCUT2D eigenvalue weighted by molar-refractivity contribution is 0.0731. The summed E-state index contributed by atoms with van der Waals surface area (Å²) in [4.78, 5) is 4.37. The predicted octanol–water partition coefficient (Wildman–Crippen LogP) is 0.866. The van der Waals surface area contributed by atoms with E-state index in [4.69, 9.17) is 4.74 Å². The van der Waals surface area contributed by atoms with Crippen LogP contribution in [0.25, 0.3) is 0 Å². The van der Waals surface area contributed by atoms with Crippen molar-refractivity contribution in [2.75, 3.05) is 45.1 Å². The molecule has 0 aromatic heterocycles. The number of aliphatic imine (C=N–C) groups is 1. The number of hydrogen-bond acceptors (Lipinski definition) is 4. The molecule has 23 heavy (non-hydrogen) atoms. The Balaban J connectivity index is 0.00000484. The number of nitrogens with one attached hydrogen (secondary N) is 2. The van der Waals surface area contributed by atoms with E-state index in [0.29, 0.717) is 38.2 Å². The smallest absolute Gasteiger partial charge is 0.216 e. The van der Waals surface area contributed by atoms with Crippen molar-refractivity contribution in [2.45, 2.75) is 33.7 Å². The molecule has 0 spiro atoms. The lowest BCUT2D eigenvalue weighted by Crippen LogP contribution is -2.45. The van der Waals surface area contributed by atoms with Crippen LogP contribution in [0.5, 0.6) is 0 Å². The maximum absolute atomic E-state index is 12.2. The highest BCUT2D eigenvalue weighted by atomic mass is 127. The van der Waals surface area contributed by atoms with E-state index < -0.39 is 10.0 Å². The van der Waals surface area contributed by atoms with Gasteiger partial charge in [0.25, 0.3) is 0 Å². The molecule has 0 aliphatic carbocycles. The number of rotatable bonds is 7. The third-order valence-electron chi connectivity index (χ3n) is 3.69. The van der Waals surface area contributed by atoms with Gasteiger partial charge in [-0.3, -0.25) is 4.99 Å². The fourth-order valence-corrected chi connectivity index (χ4v) is 3.21. The van der Waals surface area contributed by atoms with Crippen molar-refractivity contribution in [3.8, 4) is 0 Å². The predicted molar refractivity (Wildman–Crippen MR) is 105 cm³/mol. The Morgan fingerprint density at radius 1 is 1.26 bits per heavy atom. The number of halogens is 1. The summed E-state index contributed by atoms with van der Waals surface area (Å²) in [6.07, 6.45) is 0. The molecular formula is C14H31IN4O3S. The summed E-state index contributed by atoms with van der Waals surface area (Å²) in [5.74, 6) is 1.17. The molecule has 138 valence electrons. The third kappa shape index (κ3) is 8.50. The van der Waals surface area contributed by atoms with Gasteiger partial charge in [0.2, 0.25) is 10.0 Å². The largest absolute Gasteiger partial charge is 0.379 e. The van der Waals surface area contributed by atoms with E-state index in [2.05, 4.69) is 36.4 Å². The molecule has 1 fully saturated rings. The van der Waals surface area contributed by atoms with Gasteiger partial charge in [-0.15, -0.1) is 24.0 Å². The standard InChI is InChI=1S/C14H30N4O3S.HI/c1-5-15-14(17-13(4)12(2)3)16-6-11-22(19,20)18-7-9-21-10-8-18;/h12-13H,5-11H2,1-4H3,(H2,15,16,17);1H. The molecule has 1 aliphatic heterocycles. The number of nitrogens with zero attached hydrogens (tertiary/aromatic N) is 2. The number of sulfonamides is 1. The molecule has 1 rings (SSSR count). The van der Waals surface area contributed by atoms with Crippen molar-refractivity contribution in [1.82, 2.24) is 14.9 Å². The van der Waals surface area contributed by atoms with Crippen molar-refractivity contribution in [3.63, 3.8) is 0 Å². The molecule has 7 nitrogen and oxygen atoms in total. The summed E-state index contributed by atoms with van der Waals surface area (Å²) in [5, 5.41) is 6.44. The number of guanidine groups is 1. The Hall–Kier alpha value is -0.130. The number of morpholine rings is 1. The van der Waals surface area contributed by atoms with E-state index in [1.54, 1.807) is 0 Å². The minimum atomic E-state index is -3.25. The van der Waals surface area contributed by atoms with Gasteiger partial charge in [-0.25, -0.2) is 8.42 Å². The molecule has 0 bridgehead atoms. The van der Waals surface area contributed by atoms with Crippen LogP contribution < -0.4 is 10.6 Å². The summed E-state index contributed by atoms with van der Waals surface area (Å²) in [7, 11) is -3.25. The van der Waals surface area contributed by atoms with Crippen molar-refractivity contribution >= 4 is 40.0 Å². The van der Waals surface area contributed by atoms with Gasteiger partial charge in [0.15, 0.2) is 5.96 Å². The van der Waals surface area contributed by atoms with Crippen LogP contribution in [0.1, 0.15) is 27.7 Å². The SMILES string of the molecule is CCNC(=NCCS(=O)(=O)N1CCOCC1)NC(C)C(C)C.I. The Morgan fingerprint density at radius 2 is 1.87 bits per heavy atom. The van der Waals surface area contributed by atoms with E-state index in [9.17, 15) is 8.42 Å². The van der Waals surface area contributed by atoms with E-state index in [0.717, 1.165) is 6.54 Å². The molecular weight excluding hydrogens is 431 g/mol. The molecule has 0 aromatic carbocycles. The molecule has 1 aliphatic rings. The van der Waals surface area contributed by atoms with Crippen LogP contribution in [0.15, 0.2) is 4.99 Å². The Labute approximate surface area is 157 Å². The van der Waals surface area contributed by atoms with Gasteiger partial charge in [-0.2, -0.15) is 4.31 Å². The summed E-state index contributed by atoms with van der Waals surface area (Å²) < 4.78 is 31.1. The second-order valence-electron chi connectivity index (χ2n) is 5.77. The van der Waals surface area contributed by atoms with Crippen LogP contribution in [0.2, 0.25) is 0 Å². The third-order valence-corrected chi connectivity index (χ3v) is 5.54. The fourth-order valence-electron chi connectivity index (χ4n) is 1.93. The fraction of sp³-hybridized carbons (Fsp3) is 0.929. The van der Waals surface area contributed by atoms with Gasteiger partial charge in [0, 0.05) is 25.7 Å². The first-order valence-corrected chi connectivity index (χ1v) is 9.58. The van der Waals surface area contributed by atoms with E-state index in [-0.39, 0.29) is 42.3 Å². The summed E-state index contributed by atoms with van der Waals surface area (Å²) in [6.45, 7) is 11.1. The molecule has 0 radical (unpaired) electrons. The first kappa shape index (κ1) is 22.9. The van der Waals surface area contributed by atoms with Crippen LogP contribution >= 0.6 is 24.0 Å². The molecule has 1 saturated heterocycles. The Morgan fingerprint density at radius 3 is 2.39 bits per heavy atom. The van der Waals surface area contributed by atoms with Crippen LogP contribution in [0.3, 0.4) is 0 Å². The minimum Gasteiger partial charge on any atom is -0.379 e. The van der Waals surface area contributed by atoms with E-state index in [1.165, 1.54) is 4.31 Å². The molecule has 0 saturated carbocycles. The first-order valence-electron chi connectivity index (χ1n) is 7.97. The molecule has 1 heterocycles. The van der Waals surface area contributed by atoms with Gasteiger partial charge in [-0.1, -0.05) is 13.8 Å². The summed E-state index contributed by atoms with van der Waals surface area (Å²) >= 11 is 0. The molecule has 0 amide bonds. The zero-order valence-electron chi connectivity index (χ0n) is 14.5. The second-order valence-corrected chi connectivity index (χ2v) is 7.85. The molecule has 9 heteroatoms. The van der Waals surface area contributed by atoms with E-state index >= 15 is 0 Å². The van der Waals surface area contributed by atoms with Crippen LogP contribution in [0, 0.1) is 5.92 Å². The summed E-state index contributed by atoms with van der Waals surface area (Å²) in [6, 6.07) is 0.272. The second kappa shape index (κ2) is 11.4. The monoisotopic (exact) mass is 462 g/mol. The van der Waals surface area contributed by atoms with Gasteiger partial charge in [0.1, 0.15) is 0 Å². The van der Waals surface area contributed by atoms with Crippen LogP contribution in [-0.2, 0) is 14.8 Å². The summed E-state index contributed by atoms with van der Waals surface area (Å²) in [5.41, 5.74) is 0. The average molecular weight is 462 g/mol. The van der Waals surface area contributed by atoms with Gasteiger partial charge >= 0.3 is 0 Å². The first-order chi connectivity index (χ1) is 10.4. The maximum atomic E-state index is 12.2. The highest BCUT2D eigenvalue weighted by molar-refractivity contribution is 14.0. The van der Waals surface area contributed by atoms with Gasteiger partial charge in [-0.05, 0) is 19.8 Å². The van der Waals surface area contributed by atoms with Crippen molar-refractivity contribution in [1.29, 1.82) is 0 Å². The highest BCUT2D eigenvalue weighted by Crippen LogP contribution is 2.05. The zero-order valence-corrected chi connectivity index (χ0v) is 17.7. The minimum absolute atomic E-state index is 0. The molecule has 0 aromatic rings. The van der Waals surface area contributed by atoms with Crippen molar-refractivity contribution < 1.29 is 13.2 Å². The molecule has 1 atom stereocenters. The number of hydrogen-bond donors (Lipinski definition) is 2. The number of ether oxygens (including phenoxy) is 1. The van der Waals surface area contributed by atoms with Crippen LogP contribution in [-0.4, -0.2) is 69.9 Å². The van der Waals surface area contributed by atoms with E-state index in [1.807, 2.05) is 6.92 Å². The van der Waals surface area contributed by atoms with Gasteiger partial charge < -0.3 is 15.4 Å². The highest BCUT2D eigenvalue weighted by Gasteiger charge is 2.23. The Bertz CT molecular complexity index is 451. The quantitative estimate of drug-likeness (QED) is 0.333. The molecule has 2 N–H and O–H groups in total. The van der Waals surface area contributed by atoms with Crippen molar-refractivity contribution in [2.24, 2.45) is 10.9 Å². The zero-order chi connectivity index (χ0) is 16.6. The lowest BCUT2D eigenvalue weighted by Gasteiger charge is -2.25. The Kier molecular flexibility index (Phi) is 11.4. The molecule has 1 unspecified atom stereocenters. The lowest BCUT2D eigenvalue weighted by atomic mass is 10.1. The average Bonchev–Trinajstić information content (AvgIpc) is 2.48. The topological polar surface area (TPSA) is 83.0 Å². The van der Waals surface area contributed by atoms with Crippen molar-refractivity contribution in [3.05, 3.63) is 0 Å².